The highest BCUT2D eigenvalue weighted by Crippen LogP contribution is 2.12. The molecule has 0 fully saturated rings. The fourth-order valence-corrected chi connectivity index (χ4v) is 1.70. The predicted molar refractivity (Wildman–Crippen MR) is 67.7 cm³/mol. The van der Waals surface area contributed by atoms with E-state index >= 15 is 0 Å². The molecule has 0 radical (unpaired) electrons. The maximum atomic E-state index is 11.8. The molecule has 0 aliphatic heterocycles. The summed E-state index contributed by atoms with van der Waals surface area (Å²) in [5.41, 5.74) is 6.17. The van der Waals surface area contributed by atoms with E-state index in [1.54, 1.807) is 13.8 Å². The summed E-state index contributed by atoms with van der Waals surface area (Å²) in [7, 11) is 0. The maximum absolute atomic E-state index is 11.8. The Morgan fingerprint density at radius 2 is 2.05 bits per heavy atom. The number of carbonyl (C=O) groups is 3. The number of aliphatic carboxylic acids is 1. The largest absolute Gasteiger partial charge is 0.480 e. The number of nitrogens with two attached hydrogens (primary N) is 1. The Morgan fingerprint density at radius 1 is 1.40 bits per heavy atom. The fourth-order valence-electron chi connectivity index (χ4n) is 1.70. The molecule has 1 atom stereocenters. The standard InChI is InChI=1S/C12H17N3O5/c1-6-8(7(2)20-15-6)5-11(17)14-9(12(18)19)3-4-10(13)16/h9H,3-5H2,1-2H3,(H2,13,16)(H,14,17)(H,18,19)/t9-/m0/s1. The lowest BCUT2D eigenvalue weighted by atomic mass is 10.1. The Labute approximate surface area is 115 Å². The van der Waals surface area contributed by atoms with Gasteiger partial charge in [0, 0.05) is 12.0 Å². The van der Waals surface area contributed by atoms with E-state index in [-0.39, 0.29) is 19.3 Å². The molecule has 0 bridgehead atoms. The maximum Gasteiger partial charge on any atom is 0.326 e. The van der Waals surface area contributed by atoms with Gasteiger partial charge in [-0.25, -0.2) is 4.79 Å². The minimum absolute atomic E-state index is 0.0263. The third-order valence-corrected chi connectivity index (χ3v) is 2.83. The van der Waals surface area contributed by atoms with Gasteiger partial charge in [-0.3, -0.25) is 9.59 Å². The monoisotopic (exact) mass is 283 g/mol. The summed E-state index contributed by atoms with van der Waals surface area (Å²) in [5.74, 6) is -1.78. The van der Waals surface area contributed by atoms with E-state index in [1.165, 1.54) is 0 Å². The van der Waals surface area contributed by atoms with Gasteiger partial charge in [-0.05, 0) is 20.3 Å². The van der Waals surface area contributed by atoms with Gasteiger partial charge in [0.25, 0.3) is 0 Å². The minimum atomic E-state index is -1.21. The first-order chi connectivity index (χ1) is 9.31. The van der Waals surface area contributed by atoms with Gasteiger partial charge in [0.05, 0.1) is 12.1 Å². The SMILES string of the molecule is Cc1noc(C)c1CC(=O)N[C@@H](CCC(N)=O)C(=O)O. The summed E-state index contributed by atoms with van der Waals surface area (Å²) in [4.78, 5) is 33.5. The first-order valence-electron chi connectivity index (χ1n) is 6.03. The average molecular weight is 283 g/mol. The molecule has 0 aliphatic rings. The van der Waals surface area contributed by atoms with Crippen LogP contribution in [0.5, 0.6) is 0 Å². The fraction of sp³-hybridized carbons (Fsp3) is 0.500. The molecule has 1 aromatic rings. The summed E-state index contributed by atoms with van der Waals surface area (Å²) < 4.78 is 4.92. The lowest BCUT2D eigenvalue weighted by Crippen LogP contribution is -2.42. The topological polar surface area (TPSA) is 136 Å². The summed E-state index contributed by atoms with van der Waals surface area (Å²) in [6.07, 6.45) is -0.178. The van der Waals surface area contributed by atoms with Crippen LogP contribution in [0.2, 0.25) is 0 Å². The van der Waals surface area contributed by atoms with E-state index in [2.05, 4.69) is 10.5 Å². The van der Waals surface area contributed by atoms with Gasteiger partial charge in [-0.2, -0.15) is 0 Å². The van der Waals surface area contributed by atoms with Crippen molar-refractivity contribution in [2.45, 2.75) is 39.2 Å². The molecular formula is C12H17N3O5. The summed E-state index contributed by atoms with van der Waals surface area (Å²) in [6.45, 7) is 3.37. The molecule has 0 spiro atoms. The molecule has 0 aliphatic carbocycles. The summed E-state index contributed by atoms with van der Waals surface area (Å²) in [5, 5.41) is 15.0. The van der Waals surface area contributed by atoms with Crippen LogP contribution in [0.3, 0.4) is 0 Å². The molecule has 0 saturated heterocycles. The Balaban J connectivity index is 2.62. The molecule has 110 valence electrons. The minimum Gasteiger partial charge on any atom is -0.480 e. The molecule has 1 aromatic heterocycles. The van der Waals surface area contributed by atoms with Crippen molar-refractivity contribution in [3.8, 4) is 0 Å². The molecule has 4 N–H and O–H groups in total. The number of aryl methyl sites for hydroxylation is 2. The smallest absolute Gasteiger partial charge is 0.326 e. The second-order valence-electron chi connectivity index (χ2n) is 4.44. The van der Waals surface area contributed by atoms with Crippen molar-refractivity contribution in [1.82, 2.24) is 10.5 Å². The molecule has 20 heavy (non-hydrogen) atoms. The lowest BCUT2D eigenvalue weighted by molar-refractivity contribution is -0.142. The number of hydrogen-bond donors (Lipinski definition) is 3. The van der Waals surface area contributed by atoms with Gasteiger partial charge >= 0.3 is 5.97 Å². The molecule has 1 rings (SSSR count). The quantitative estimate of drug-likeness (QED) is 0.626. The van der Waals surface area contributed by atoms with Gasteiger partial charge in [0.2, 0.25) is 11.8 Å². The van der Waals surface area contributed by atoms with E-state index in [0.29, 0.717) is 17.0 Å². The van der Waals surface area contributed by atoms with Crippen LogP contribution in [-0.2, 0) is 20.8 Å². The molecular weight excluding hydrogens is 266 g/mol. The molecule has 0 saturated carbocycles. The Kier molecular flexibility index (Phi) is 5.24. The first kappa shape index (κ1) is 15.7. The van der Waals surface area contributed by atoms with Crippen molar-refractivity contribution in [2.75, 3.05) is 0 Å². The van der Waals surface area contributed by atoms with Crippen LogP contribution in [-0.4, -0.2) is 34.1 Å². The van der Waals surface area contributed by atoms with Crippen LogP contribution in [0.15, 0.2) is 4.52 Å². The van der Waals surface area contributed by atoms with E-state index < -0.39 is 23.8 Å². The Hall–Kier alpha value is -2.38. The second-order valence-corrected chi connectivity index (χ2v) is 4.44. The number of nitrogens with zero attached hydrogens (tertiary/aromatic N) is 1. The number of amides is 2. The van der Waals surface area contributed by atoms with Gasteiger partial charge in [-0.1, -0.05) is 5.16 Å². The van der Waals surface area contributed by atoms with Gasteiger partial charge in [0.15, 0.2) is 0 Å². The Bertz CT molecular complexity index is 504. The predicted octanol–water partition coefficient (Wildman–Crippen LogP) is -0.331. The van der Waals surface area contributed by atoms with Crippen molar-refractivity contribution < 1.29 is 24.0 Å². The highest BCUT2D eigenvalue weighted by Gasteiger charge is 2.22. The summed E-state index contributed by atoms with van der Waals surface area (Å²) >= 11 is 0. The second kappa shape index (κ2) is 6.69. The number of hydrogen-bond acceptors (Lipinski definition) is 5. The number of nitrogens with one attached hydrogen (secondary N) is 1. The van der Waals surface area contributed by atoms with E-state index in [1.807, 2.05) is 0 Å². The number of carbonyl (C=O) groups excluding carboxylic acids is 2. The van der Waals surface area contributed by atoms with E-state index in [0.717, 1.165) is 0 Å². The van der Waals surface area contributed by atoms with Crippen molar-refractivity contribution in [2.24, 2.45) is 5.73 Å². The summed E-state index contributed by atoms with van der Waals surface area (Å²) in [6, 6.07) is -1.14. The van der Waals surface area contributed by atoms with Crippen LogP contribution in [0.25, 0.3) is 0 Å². The molecule has 1 heterocycles. The first-order valence-corrected chi connectivity index (χ1v) is 6.03. The molecule has 8 heteroatoms. The highest BCUT2D eigenvalue weighted by atomic mass is 16.5. The molecule has 8 nitrogen and oxygen atoms in total. The van der Waals surface area contributed by atoms with Gasteiger partial charge in [-0.15, -0.1) is 0 Å². The van der Waals surface area contributed by atoms with Crippen LogP contribution in [0, 0.1) is 13.8 Å². The van der Waals surface area contributed by atoms with Crippen LogP contribution in [0.1, 0.15) is 29.9 Å². The molecule has 0 aromatic carbocycles. The van der Waals surface area contributed by atoms with Crippen molar-refractivity contribution in [1.29, 1.82) is 0 Å². The van der Waals surface area contributed by atoms with E-state index in [4.69, 9.17) is 15.4 Å². The van der Waals surface area contributed by atoms with Crippen LogP contribution < -0.4 is 11.1 Å². The number of carboxylic acid groups (broad SMARTS) is 1. The van der Waals surface area contributed by atoms with Crippen molar-refractivity contribution in [3.05, 3.63) is 17.0 Å². The van der Waals surface area contributed by atoms with Crippen molar-refractivity contribution >= 4 is 17.8 Å². The van der Waals surface area contributed by atoms with Gasteiger partial charge < -0.3 is 20.7 Å². The zero-order chi connectivity index (χ0) is 15.3. The third-order valence-electron chi connectivity index (χ3n) is 2.83. The average Bonchev–Trinajstić information content (AvgIpc) is 2.65. The van der Waals surface area contributed by atoms with Crippen LogP contribution >= 0.6 is 0 Å². The highest BCUT2D eigenvalue weighted by molar-refractivity contribution is 5.85. The normalized spacial score (nSPS) is 11.9. The Morgan fingerprint density at radius 3 is 2.50 bits per heavy atom. The third kappa shape index (κ3) is 4.38. The number of rotatable bonds is 7. The lowest BCUT2D eigenvalue weighted by Gasteiger charge is -2.13. The van der Waals surface area contributed by atoms with Crippen molar-refractivity contribution in [3.63, 3.8) is 0 Å². The number of aromatic nitrogens is 1. The zero-order valence-electron chi connectivity index (χ0n) is 11.3. The molecule has 2 amide bonds. The molecule has 0 unspecified atom stereocenters. The van der Waals surface area contributed by atoms with Crippen LogP contribution in [0.4, 0.5) is 0 Å². The zero-order valence-corrected chi connectivity index (χ0v) is 11.3. The number of carboxylic acids is 1. The van der Waals surface area contributed by atoms with E-state index in [9.17, 15) is 14.4 Å². The van der Waals surface area contributed by atoms with Gasteiger partial charge in [0.1, 0.15) is 11.8 Å². The number of primary amides is 1.